The zero-order valence-electron chi connectivity index (χ0n) is 9.65. The molecule has 0 aliphatic carbocycles. The number of hydrogen-bond acceptors (Lipinski definition) is 3. The third-order valence-electron chi connectivity index (χ3n) is 2.89. The van der Waals surface area contributed by atoms with E-state index in [1.165, 1.54) is 12.1 Å². The van der Waals surface area contributed by atoms with Crippen molar-refractivity contribution in [2.24, 2.45) is 0 Å². The van der Waals surface area contributed by atoms with Gasteiger partial charge in [0.1, 0.15) is 0 Å². The summed E-state index contributed by atoms with van der Waals surface area (Å²) in [6, 6.07) is 5.46. The van der Waals surface area contributed by atoms with Crippen LogP contribution in [0, 0.1) is 0 Å². The molecule has 1 saturated heterocycles. The molecule has 1 atom stereocenters. The molecule has 6 heteroatoms. The number of morpholine rings is 1. The summed E-state index contributed by atoms with van der Waals surface area (Å²) in [7, 11) is 0. The predicted octanol–water partition coefficient (Wildman–Crippen LogP) is 1.90. The summed E-state index contributed by atoms with van der Waals surface area (Å²) < 4.78 is 43.9. The summed E-state index contributed by atoms with van der Waals surface area (Å²) in [5.41, 5.74) is -0.504. The lowest BCUT2D eigenvalue weighted by molar-refractivity contribution is -0.137. The van der Waals surface area contributed by atoms with Crippen molar-refractivity contribution in [3.05, 3.63) is 29.8 Å². The molecule has 0 amide bonds. The van der Waals surface area contributed by atoms with Crippen LogP contribution in [0.1, 0.15) is 5.56 Å². The first-order chi connectivity index (χ1) is 8.52. The Labute approximate surface area is 103 Å². The van der Waals surface area contributed by atoms with Gasteiger partial charge >= 0.3 is 6.18 Å². The van der Waals surface area contributed by atoms with Gasteiger partial charge in [0, 0.05) is 18.8 Å². The maximum Gasteiger partial charge on any atom is 0.418 e. The topological polar surface area (TPSA) is 32.7 Å². The monoisotopic (exact) mass is 261 g/mol. The minimum Gasteiger partial charge on any atom is -0.394 e. The number of hydrogen-bond donors (Lipinski definition) is 1. The first kappa shape index (κ1) is 13.2. The second-order valence-electron chi connectivity index (χ2n) is 4.14. The molecule has 0 bridgehead atoms. The van der Waals surface area contributed by atoms with Gasteiger partial charge in [-0.15, -0.1) is 0 Å². The van der Waals surface area contributed by atoms with Gasteiger partial charge in [0.05, 0.1) is 24.9 Å². The highest BCUT2D eigenvalue weighted by Crippen LogP contribution is 2.36. The van der Waals surface area contributed by atoms with Gasteiger partial charge in [-0.3, -0.25) is 0 Å². The fourth-order valence-electron chi connectivity index (χ4n) is 2.04. The van der Waals surface area contributed by atoms with Gasteiger partial charge in [-0.05, 0) is 12.1 Å². The minimum absolute atomic E-state index is 0.145. The van der Waals surface area contributed by atoms with E-state index < -0.39 is 17.8 Å². The first-order valence-corrected chi connectivity index (χ1v) is 5.66. The van der Waals surface area contributed by atoms with E-state index in [9.17, 15) is 13.2 Å². The fraction of sp³-hybridized carbons (Fsp3) is 0.500. The first-order valence-electron chi connectivity index (χ1n) is 5.66. The third-order valence-corrected chi connectivity index (χ3v) is 2.89. The molecule has 0 saturated carbocycles. The van der Waals surface area contributed by atoms with Crippen LogP contribution in [-0.2, 0) is 10.9 Å². The molecule has 1 aliphatic rings. The number of benzene rings is 1. The number of para-hydroxylation sites is 1. The molecule has 100 valence electrons. The normalized spacial score (nSPS) is 21.1. The van der Waals surface area contributed by atoms with E-state index in [1.54, 1.807) is 11.0 Å². The second-order valence-corrected chi connectivity index (χ2v) is 4.14. The SMILES string of the molecule is OCC1CN(c2ccccc2C(F)(F)F)CCO1. The average molecular weight is 261 g/mol. The number of halogens is 3. The number of ether oxygens (including phenoxy) is 1. The van der Waals surface area contributed by atoms with E-state index in [-0.39, 0.29) is 18.8 Å². The zero-order chi connectivity index (χ0) is 13.2. The molecule has 1 fully saturated rings. The van der Waals surface area contributed by atoms with Crippen LogP contribution in [0.5, 0.6) is 0 Å². The number of rotatable bonds is 2. The van der Waals surface area contributed by atoms with Crippen LogP contribution in [0.25, 0.3) is 0 Å². The van der Waals surface area contributed by atoms with Gasteiger partial charge in [0.2, 0.25) is 0 Å². The van der Waals surface area contributed by atoms with Crippen LogP contribution in [-0.4, -0.2) is 37.5 Å². The van der Waals surface area contributed by atoms with Crippen LogP contribution in [0.3, 0.4) is 0 Å². The number of alkyl halides is 3. The van der Waals surface area contributed by atoms with E-state index in [1.807, 2.05) is 0 Å². The Morgan fingerprint density at radius 3 is 2.72 bits per heavy atom. The Hall–Kier alpha value is -1.27. The molecule has 1 aromatic carbocycles. The Kier molecular flexibility index (Phi) is 3.77. The van der Waals surface area contributed by atoms with Gasteiger partial charge in [-0.25, -0.2) is 0 Å². The Morgan fingerprint density at radius 2 is 2.06 bits per heavy atom. The Bertz CT molecular complexity index is 409. The minimum atomic E-state index is -4.37. The molecule has 1 heterocycles. The van der Waals surface area contributed by atoms with Crippen LogP contribution in [0.15, 0.2) is 24.3 Å². The smallest absolute Gasteiger partial charge is 0.394 e. The van der Waals surface area contributed by atoms with Crippen molar-refractivity contribution in [2.75, 3.05) is 31.2 Å². The molecule has 0 spiro atoms. The molecule has 3 nitrogen and oxygen atoms in total. The Balaban J connectivity index is 2.27. The van der Waals surface area contributed by atoms with Gasteiger partial charge in [0.15, 0.2) is 0 Å². The van der Waals surface area contributed by atoms with E-state index >= 15 is 0 Å². The van der Waals surface area contributed by atoms with Gasteiger partial charge < -0.3 is 14.7 Å². The highest BCUT2D eigenvalue weighted by atomic mass is 19.4. The summed E-state index contributed by atoms with van der Waals surface area (Å²) in [6.45, 7) is 0.787. The summed E-state index contributed by atoms with van der Waals surface area (Å²) in [5.74, 6) is 0. The standard InChI is InChI=1S/C12H14F3NO2/c13-12(14,15)10-3-1-2-4-11(10)16-5-6-18-9(7-16)8-17/h1-4,9,17H,5-8H2. The van der Waals surface area contributed by atoms with E-state index in [0.29, 0.717) is 13.2 Å². The number of anilines is 1. The lowest BCUT2D eigenvalue weighted by atomic mass is 10.1. The van der Waals surface area contributed by atoms with E-state index in [0.717, 1.165) is 6.07 Å². The highest BCUT2D eigenvalue weighted by molar-refractivity contribution is 5.55. The van der Waals surface area contributed by atoms with Crippen molar-refractivity contribution in [2.45, 2.75) is 12.3 Å². The predicted molar refractivity (Wildman–Crippen MR) is 60.5 cm³/mol. The van der Waals surface area contributed by atoms with Gasteiger partial charge in [-0.1, -0.05) is 12.1 Å². The maximum atomic E-state index is 12.9. The van der Waals surface area contributed by atoms with Crippen molar-refractivity contribution in [3.8, 4) is 0 Å². The second kappa shape index (κ2) is 5.16. The summed E-state index contributed by atoms with van der Waals surface area (Å²) in [4.78, 5) is 1.60. The zero-order valence-corrected chi connectivity index (χ0v) is 9.65. The van der Waals surface area contributed by atoms with E-state index in [2.05, 4.69) is 0 Å². The summed E-state index contributed by atoms with van der Waals surface area (Å²) in [5, 5.41) is 9.01. The van der Waals surface area contributed by atoms with E-state index in [4.69, 9.17) is 9.84 Å². The van der Waals surface area contributed by atoms with Gasteiger partial charge in [0.25, 0.3) is 0 Å². The summed E-state index contributed by atoms with van der Waals surface area (Å²) in [6.07, 6.45) is -4.80. The fourth-order valence-corrected chi connectivity index (χ4v) is 2.04. The highest BCUT2D eigenvalue weighted by Gasteiger charge is 2.35. The summed E-state index contributed by atoms with van der Waals surface area (Å²) >= 11 is 0. The molecule has 2 rings (SSSR count). The molecular formula is C12H14F3NO2. The molecule has 1 aromatic rings. The molecular weight excluding hydrogens is 247 g/mol. The van der Waals surface area contributed by atoms with Gasteiger partial charge in [-0.2, -0.15) is 13.2 Å². The number of aliphatic hydroxyl groups is 1. The molecule has 0 radical (unpaired) electrons. The lowest BCUT2D eigenvalue weighted by Gasteiger charge is -2.35. The largest absolute Gasteiger partial charge is 0.418 e. The number of aliphatic hydroxyl groups excluding tert-OH is 1. The van der Waals surface area contributed by atoms with Crippen LogP contribution < -0.4 is 4.90 Å². The van der Waals surface area contributed by atoms with Crippen molar-refractivity contribution < 1.29 is 23.0 Å². The van der Waals surface area contributed by atoms with Crippen LogP contribution in [0.4, 0.5) is 18.9 Å². The molecule has 1 N–H and O–H groups in total. The van der Waals surface area contributed by atoms with Crippen molar-refractivity contribution in [1.82, 2.24) is 0 Å². The van der Waals surface area contributed by atoms with Crippen molar-refractivity contribution >= 4 is 5.69 Å². The molecule has 1 aliphatic heterocycles. The number of nitrogens with zero attached hydrogens (tertiary/aromatic N) is 1. The van der Waals surface area contributed by atoms with Crippen molar-refractivity contribution in [1.29, 1.82) is 0 Å². The quantitative estimate of drug-likeness (QED) is 0.882. The van der Waals surface area contributed by atoms with Crippen LogP contribution >= 0.6 is 0 Å². The third kappa shape index (κ3) is 2.76. The average Bonchev–Trinajstić information content (AvgIpc) is 2.38. The molecule has 1 unspecified atom stereocenters. The molecule has 0 aromatic heterocycles. The molecule has 18 heavy (non-hydrogen) atoms. The maximum absolute atomic E-state index is 12.9. The lowest BCUT2D eigenvalue weighted by Crippen LogP contribution is -2.44. The Morgan fingerprint density at radius 1 is 1.33 bits per heavy atom. The van der Waals surface area contributed by atoms with Crippen LogP contribution in [0.2, 0.25) is 0 Å². The van der Waals surface area contributed by atoms with Crippen molar-refractivity contribution in [3.63, 3.8) is 0 Å².